The summed E-state index contributed by atoms with van der Waals surface area (Å²) < 4.78 is 10.6. The number of methoxy groups -OCH3 is 1. The molecular weight excluding hydrogens is 202 g/mol. The first-order valence-electron chi connectivity index (χ1n) is 5.60. The number of ether oxygens (including phenoxy) is 2. The topological polar surface area (TPSA) is 44.5 Å². The van der Waals surface area contributed by atoms with Gasteiger partial charge >= 0.3 is 0 Å². The van der Waals surface area contributed by atoms with Gasteiger partial charge in [-0.3, -0.25) is 0 Å². The number of nitrogens with two attached hydrogens (primary N) is 1. The van der Waals surface area contributed by atoms with Crippen LogP contribution in [0.4, 0.5) is 0 Å². The summed E-state index contributed by atoms with van der Waals surface area (Å²) in [7, 11) is 1.65. The summed E-state index contributed by atoms with van der Waals surface area (Å²) in [5.74, 6) is 1.39. The van der Waals surface area contributed by atoms with Crippen LogP contribution in [0.3, 0.4) is 0 Å². The van der Waals surface area contributed by atoms with Crippen LogP contribution in [0.25, 0.3) is 0 Å². The molecule has 0 heterocycles. The van der Waals surface area contributed by atoms with E-state index in [0.717, 1.165) is 17.9 Å². The molecule has 1 unspecified atom stereocenters. The zero-order chi connectivity index (χ0) is 12.0. The van der Waals surface area contributed by atoms with Crippen LogP contribution in [-0.2, 0) is 4.74 Å². The Morgan fingerprint density at radius 1 is 1.12 bits per heavy atom. The quantitative estimate of drug-likeness (QED) is 0.805. The molecule has 0 fully saturated rings. The minimum atomic E-state index is -0.0651. The van der Waals surface area contributed by atoms with Crippen molar-refractivity contribution >= 4 is 0 Å². The lowest BCUT2D eigenvalue weighted by molar-refractivity contribution is 0.0983. The highest BCUT2D eigenvalue weighted by Crippen LogP contribution is 2.16. The van der Waals surface area contributed by atoms with Crippen LogP contribution < -0.4 is 10.5 Å². The van der Waals surface area contributed by atoms with Crippen LogP contribution in [0.15, 0.2) is 24.3 Å². The number of benzene rings is 1. The Hall–Kier alpha value is -1.06. The van der Waals surface area contributed by atoms with E-state index < -0.39 is 0 Å². The van der Waals surface area contributed by atoms with E-state index >= 15 is 0 Å². The van der Waals surface area contributed by atoms with Crippen molar-refractivity contribution in [2.75, 3.05) is 20.3 Å². The molecule has 90 valence electrons. The van der Waals surface area contributed by atoms with Crippen LogP contribution in [0.2, 0.25) is 0 Å². The second-order valence-electron chi connectivity index (χ2n) is 4.31. The van der Waals surface area contributed by atoms with Crippen molar-refractivity contribution in [1.82, 2.24) is 0 Å². The van der Waals surface area contributed by atoms with Gasteiger partial charge in [0, 0.05) is 6.61 Å². The van der Waals surface area contributed by atoms with Gasteiger partial charge in [-0.1, -0.05) is 26.0 Å². The molecule has 1 atom stereocenters. The molecule has 3 nitrogen and oxygen atoms in total. The van der Waals surface area contributed by atoms with Crippen molar-refractivity contribution in [3.63, 3.8) is 0 Å². The van der Waals surface area contributed by atoms with E-state index in [4.69, 9.17) is 15.2 Å². The van der Waals surface area contributed by atoms with Gasteiger partial charge in [0.15, 0.2) is 0 Å². The van der Waals surface area contributed by atoms with Gasteiger partial charge in [-0.15, -0.1) is 0 Å². The lowest BCUT2D eigenvalue weighted by atomic mass is 10.1. The van der Waals surface area contributed by atoms with Crippen molar-refractivity contribution in [2.45, 2.75) is 19.9 Å². The molecule has 0 amide bonds. The highest BCUT2D eigenvalue weighted by molar-refractivity contribution is 5.28. The van der Waals surface area contributed by atoms with Gasteiger partial charge in [-0.25, -0.2) is 0 Å². The fraction of sp³-hybridized carbons (Fsp3) is 0.538. The van der Waals surface area contributed by atoms with Crippen molar-refractivity contribution < 1.29 is 9.47 Å². The summed E-state index contributed by atoms with van der Waals surface area (Å²) >= 11 is 0. The average Bonchev–Trinajstić information content (AvgIpc) is 2.28. The van der Waals surface area contributed by atoms with Gasteiger partial charge < -0.3 is 15.2 Å². The first-order chi connectivity index (χ1) is 7.63. The fourth-order valence-corrected chi connectivity index (χ4v) is 1.38. The monoisotopic (exact) mass is 223 g/mol. The van der Waals surface area contributed by atoms with Crippen LogP contribution in [0.5, 0.6) is 5.75 Å². The Labute approximate surface area is 97.6 Å². The van der Waals surface area contributed by atoms with Gasteiger partial charge in [-0.05, 0) is 23.6 Å². The molecule has 0 aliphatic heterocycles. The maximum atomic E-state index is 6.01. The minimum Gasteiger partial charge on any atom is -0.497 e. The molecule has 0 aromatic heterocycles. The van der Waals surface area contributed by atoms with E-state index in [-0.39, 0.29) is 6.04 Å². The van der Waals surface area contributed by atoms with Crippen LogP contribution in [0.1, 0.15) is 25.5 Å². The summed E-state index contributed by atoms with van der Waals surface area (Å²) in [6.07, 6.45) is 0. The largest absolute Gasteiger partial charge is 0.497 e. The van der Waals surface area contributed by atoms with E-state index in [1.165, 1.54) is 0 Å². The van der Waals surface area contributed by atoms with E-state index in [1.54, 1.807) is 7.11 Å². The lowest BCUT2D eigenvalue weighted by Gasteiger charge is -2.14. The molecule has 0 spiro atoms. The molecule has 0 radical (unpaired) electrons. The molecule has 1 aromatic rings. The Morgan fingerprint density at radius 3 is 2.25 bits per heavy atom. The minimum absolute atomic E-state index is 0.0651. The average molecular weight is 223 g/mol. The van der Waals surface area contributed by atoms with E-state index in [2.05, 4.69) is 13.8 Å². The van der Waals surface area contributed by atoms with Crippen molar-refractivity contribution in [3.05, 3.63) is 29.8 Å². The van der Waals surface area contributed by atoms with Crippen LogP contribution in [-0.4, -0.2) is 20.3 Å². The third-order valence-corrected chi connectivity index (χ3v) is 2.29. The zero-order valence-corrected chi connectivity index (χ0v) is 10.3. The molecule has 2 N–H and O–H groups in total. The Bertz CT molecular complexity index is 295. The highest BCUT2D eigenvalue weighted by atomic mass is 16.5. The van der Waals surface area contributed by atoms with Crippen LogP contribution >= 0.6 is 0 Å². The summed E-state index contributed by atoms with van der Waals surface area (Å²) in [4.78, 5) is 0. The molecule has 3 heteroatoms. The first-order valence-corrected chi connectivity index (χ1v) is 5.60. The predicted molar refractivity (Wildman–Crippen MR) is 65.6 cm³/mol. The Kier molecular flexibility index (Phi) is 5.29. The van der Waals surface area contributed by atoms with Gasteiger partial charge in [0.1, 0.15) is 5.75 Å². The third kappa shape index (κ3) is 4.21. The molecule has 0 aliphatic rings. The zero-order valence-electron chi connectivity index (χ0n) is 10.3. The van der Waals surface area contributed by atoms with E-state index in [0.29, 0.717) is 12.5 Å². The second-order valence-corrected chi connectivity index (χ2v) is 4.31. The molecule has 0 saturated heterocycles. The first kappa shape index (κ1) is 13.0. The molecule has 16 heavy (non-hydrogen) atoms. The molecule has 0 saturated carbocycles. The Morgan fingerprint density at radius 2 is 1.75 bits per heavy atom. The van der Waals surface area contributed by atoms with Gasteiger partial charge in [0.05, 0.1) is 19.8 Å². The summed E-state index contributed by atoms with van der Waals surface area (Å²) in [6, 6.07) is 7.71. The molecule has 1 rings (SSSR count). The highest BCUT2D eigenvalue weighted by Gasteiger charge is 2.06. The van der Waals surface area contributed by atoms with Crippen LogP contribution in [0, 0.1) is 5.92 Å². The number of hydrogen-bond donors (Lipinski definition) is 1. The van der Waals surface area contributed by atoms with E-state index in [9.17, 15) is 0 Å². The third-order valence-electron chi connectivity index (χ3n) is 2.29. The van der Waals surface area contributed by atoms with Crippen molar-refractivity contribution in [2.24, 2.45) is 11.7 Å². The SMILES string of the molecule is COc1ccc(C(N)COCC(C)C)cc1. The smallest absolute Gasteiger partial charge is 0.118 e. The van der Waals surface area contributed by atoms with E-state index in [1.807, 2.05) is 24.3 Å². The Balaban J connectivity index is 2.43. The van der Waals surface area contributed by atoms with Crippen molar-refractivity contribution in [1.29, 1.82) is 0 Å². The van der Waals surface area contributed by atoms with Gasteiger partial charge in [0.2, 0.25) is 0 Å². The molecule has 0 bridgehead atoms. The maximum absolute atomic E-state index is 6.01. The molecule has 1 aromatic carbocycles. The maximum Gasteiger partial charge on any atom is 0.118 e. The summed E-state index contributed by atoms with van der Waals surface area (Å²) in [5, 5.41) is 0. The molecular formula is C13H21NO2. The normalized spacial score (nSPS) is 12.8. The summed E-state index contributed by atoms with van der Waals surface area (Å²) in [5.41, 5.74) is 7.08. The predicted octanol–water partition coefficient (Wildman–Crippen LogP) is 2.37. The fourth-order valence-electron chi connectivity index (χ4n) is 1.38. The lowest BCUT2D eigenvalue weighted by Crippen LogP contribution is -2.18. The number of hydrogen-bond acceptors (Lipinski definition) is 3. The second kappa shape index (κ2) is 6.51. The molecule has 0 aliphatic carbocycles. The van der Waals surface area contributed by atoms with Gasteiger partial charge in [0.25, 0.3) is 0 Å². The van der Waals surface area contributed by atoms with Gasteiger partial charge in [-0.2, -0.15) is 0 Å². The number of rotatable bonds is 6. The standard InChI is InChI=1S/C13H21NO2/c1-10(2)8-16-9-13(14)11-4-6-12(15-3)7-5-11/h4-7,10,13H,8-9,14H2,1-3H3. The van der Waals surface area contributed by atoms with Crippen molar-refractivity contribution in [3.8, 4) is 5.75 Å². The summed E-state index contributed by atoms with van der Waals surface area (Å²) in [6.45, 7) is 5.56.